The highest BCUT2D eigenvalue weighted by Gasteiger charge is 2.16. The molecule has 0 saturated carbocycles. The van der Waals surface area contributed by atoms with E-state index < -0.39 is 0 Å². The minimum atomic E-state index is -0.301. The predicted octanol–water partition coefficient (Wildman–Crippen LogP) is 7.85. The van der Waals surface area contributed by atoms with Crippen molar-refractivity contribution in [3.05, 3.63) is 130 Å². The number of carbonyl (C=O) groups is 2. The van der Waals surface area contributed by atoms with E-state index in [0.29, 0.717) is 36.5 Å². The molecule has 0 radical (unpaired) electrons. The molecule has 0 aliphatic rings. The van der Waals surface area contributed by atoms with E-state index in [-0.39, 0.29) is 12.0 Å². The lowest BCUT2D eigenvalue weighted by molar-refractivity contribution is -0.134. The summed E-state index contributed by atoms with van der Waals surface area (Å²) in [7, 11) is 0. The summed E-state index contributed by atoms with van der Waals surface area (Å²) in [6, 6.07) is 32.0. The van der Waals surface area contributed by atoms with E-state index in [1.54, 1.807) is 48.2 Å². The Balaban J connectivity index is 1.46. The van der Waals surface area contributed by atoms with Crippen molar-refractivity contribution in [2.45, 2.75) is 52.6 Å². The number of esters is 1. The third-order valence-corrected chi connectivity index (χ3v) is 6.82. The second-order valence-corrected chi connectivity index (χ2v) is 10.2. The molecule has 4 aromatic rings. The summed E-state index contributed by atoms with van der Waals surface area (Å²) in [6.07, 6.45) is 3.76. The maximum Gasteiger partial charge on any atom is 0.322 e. The first-order chi connectivity index (χ1) is 20.9. The van der Waals surface area contributed by atoms with E-state index >= 15 is 0 Å². The van der Waals surface area contributed by atoms with Gasteiger partial charge in [-0.25, -0.2) is 4.79 Å². The summed E-state index contributed by atoms with van der Waals surface area (Å²) in [6.45, 7) is 4.64. The number of nitrogens with one attached hydrogen (secondary N) is 1. The SMILES string of the molecule is CCCCc1ccc(C#Cc2ccc(CN(Cc3ccc(OC(=O)CC)cc3)C(=O)Nc3ccc(C#N)cc3)cc2)cc1. The molecule has 6 heteroatoms. The van der Waals surface area contributed by atoms with Gasteiger partial charge in [-0.3, -0.25) is 4.79 Å². The van der Waals surface area contributed by atoms with Gasteiger partial charge in [-0.15, -0.1) is 0 Å². The number of ether oxygens (including phenoxy) is 1. The van der Waals surface area contributed by atoms with Gasteiger partial charge >= 0.3 is 12.0 Å². The molecular formula is C37H35N3O3. The van der Waals surface area contributed by atoms with Crippen LogP contribution in [0.25, 0.3) is 0 Å². The number of nitrogens with zero attached hydrogens (tertiary/aromatic N) is 2. The van der Waals surface area contributed by atoms with E-state index in [1.807, 2.05) is 36.4 Å². The normalized spacial score (nSPS) is 10.2. The van der Waals surface area contributed by atoms with E-state index in [0.717, 1.165) is 28.7 Å². The number of nitriles is 1. The highest BCUT2D eigenvalue weighted by molar-refractivity contribution is 5.89. The number of aryl methyl sites for hydroxylation is 1. The predicted molar refractivity (Wildman–Crippen MR) is 169 cm³/mol. The van der Waals surface area contributed by atoms with E-state index in [4.69, 9.17) is 10.00 Å². The summed E-state index contributed by atoms with van der Waals surface area (Å²) in [5.41, 5.74) is 6.16. The van der Waals surface area contributed by atoms with Crippen molar-refractivity contribution >= 4 is 17.7 Å². The highest BCUT2D eigenvalue weighted by Crippen LogP contribution is 2.18. The molecule has 1 N–H and O–H groups in total. The second-order valence-electron chi connectivity index (χ2n) is 10.2. The average Bonchev–Trinajstić information content (AvgIpc) is 3.04. The molecule has 4 rings (SSSR count). The molecule has 43 heavy (non-hydrogen) atoms. The van der Waals surface area contributed by atoms with Gasteiger partial charge in [-0.05, 0) is 90.2 Å². The third-order valence-electron chi connectivity index (χ3n) is 6.82. The number of rotatable bonds is 10. The van der Waals surface area contributed by atoms with Gasteiger partial charge < -0.3 is 15.0 Å². The topological polar surface area (TPSA) is 82.4 Å². The highest BCUT2D eigenvalue weighted by atomic mass is 16.5. The number of anilines is 1. The van der Waals surface area contributed by atoms with Crippen molar-refractivity contribution in [3.8, 4) is 23.7 Å². The fourth-order valence-electron chi connectivity index (χ4n) is 4.31. The zero-order valence-electron chi connectivity index (χ0n) is 24.6. The summed E-state index contributed by atoms with van der Waals surface area (Å²) < 4.78 is 5.28. The Morgan fingerprint density at radius 2 is 1.23 bits per heavy atom. The molecule has 0 atom stereocenters. The van der Waals surface area contributed by atoms with E-state index in [1.165, 1.54) is 18.4 Å². The number of carbonyl (C=O) groups excluding carboxylic acids is 2. The number of amides is 2. The van der Waals surface area contributed by atoms with Crippen LogP contribution in [0.5, 0.6) is 5.75 Å². The maximum absolute atomic E-state index is 13.4. The van der Waals surface area contributed by atoms with Crippen molar-refractivity contribution in [2.24, 2.45) is 0 Å². The zero-order valence-corrected chi connectivity index (χ0v) is 24.6. The summed E-state index contributed by atoms with van der Waals surface area (Å²) in [5.74, 6) is 6.63. The van der Waals surface area contributed by atoms with Gasteiger partial charge in [0.25, 0.3) is 0 Å². The van der Waals surface area contributed by atoms with E-state index in [9.17, 15) is 9.59 Å². The van der Waals surface area contributed by atoms with Crippen LogP contribution in [-0.2, 0) is 24.3 Å². The van der Waals surface area contributed by atoms with Crippen molar-refractivity contribution in [3.63, 3.8) is 0 Å². The minimum absolute atomic E-state index is 0.280. The first-order valence-corrected chi connectivity index (χ1v) is 14.5. The van der Waals surface area contributed by atoms with Crippen LogP contribution in [0.2, 0.25) is 0 Å². The molecule has 0 unspecified atom stereocenters. The van der Waals surface area contributed by atoms with Gasteiger partial charge in [0.15, 0.2) is 0 Å². The molecule has 0 saturated heterocycles. The van der Waals surface area contributed by atoms with Crippen LogP contribution in [0.1, 0.15) is 66.5 Å². The quantitative estimate of drug-likeness (QED) is 0.120. The van der Waals surface area contributed by atoms with Crippen molar-refractivity contribution < 1.29 is 14.3 Å². The first-order valence-electron chi connectivity index (χ1n) is 14.5. The lowest BCUT2D eigenvalue weighted by Crippen LogP contribution is -2.34. The van der Waals surface area contributed by atoms with Gasteiger partial charge in [-0.1, -0.05) is 68.5 Å². The molecule has 0 fully saturated rings. The van der Waals surface area contributed by atoms with Crippen LogP contribution in [0, 0.1) is 23.2 Å². The molecule has 216 valence electrons. The zero-order chi connectivity index (χ0) is 30.4. The standard InChI is InChI=1S/C37H35N3O3/c1-3-5-6-28-7-9-29(10-8-28)11-12-30-13-15-32(16-14-30)26-40(37(42)39-34-21-17-31(25-38)18-22-34)27-33-19-23-35(24-20-33)43-36(41)4-2/h7-10,13-24H,3-6,26-27H2,1-2H3,(H,39,42). The van der Waals surface area contributed by atoms with Crippen molar-refractivity contribution in [2.75, 3.05) is 5.32 Å². The average molecular weight is 570 g/mol. The second kappa shape index (κ2) is 15.6. The molecular weight excluding hydrogens is 534 g/mol. The number of hydrogen-bond donors (Lipinski definition) is 1. The number of urea groups is 1. The Bertz CT molecular complexity index is 1610. The van der Waals surface area contributed by atoms with Crippen LogP contribution < -0.4 is 10.1 Å². The number of benzene rings is 4. The number of hydrogen-bond acceptors (Lipinski definition) is 4. The molecule has 0 aromatic heterocycles. The maximum atomic E-state index is 13.4. The fourth-order valence-corrected chi connectivity index (χ4v) is 4.31. The van der Waals surface area contributed by atoms with Crippen LogP contribution in [0.4, 0.5) is 10.5 Å². The van der Waals surface area contributed by atoms with Gasteiger partial charge in [0, 0.05) is 36.3 Å². The van der Waals surface area contributed by atoms with Crippen LogP contribution >= 0.6 is 0 Å². The smallest absolute Gasteiger partial charge is 0.322 e. The summed E-state index contributed by atoms with van der Waals surface area (Å²) in [4.78, 5) is 26.7. The van der Waals surface area contributed by atoms with Gasteiger partial charge in [0.1, 0.15) is 5.75 Å². The van der Waals surface area contributed by atoms with Crippen LogP contribution in [0.15, 0.2) is 97.1 Å². The fraction of sp³-hybridized carbons (Fsp3) is 0.216. The number of unbranched alkanes of at least 4 members (excludes halogenated alkanes) is 1. The molecule has 0 spiro atoms. The Hall–Kier alpha value is -5.33. The first kappa shape index (κ1) is 30.6. The molecule has 2 amide bonds. The van der Waals surface area contributed by atoms with Gasteiger partial charge in [0.05, 0.1) is 11.6 Å². The molecule has 0 bridgehead atoms. The summed E-state index contributed by atoms with van der Waals surface area (Å²) >= 11 is 0. The molecule has 4 aromatic carbocycles. The Labute approximate surface area is 253 Å². The minimum Gasteiger partial charge on any atom is -0.427 e. The van der Waals surface area contributed by atoms with Crippen LogP contribution in [-0.4, -0.2) is 16.9 Å². The Morgan fingerprint density at radius 1 is 0.721 bits per heavy atom. The summed E-state index contributed by atoms with van der Waals surface area (Å²) in [5, 5.41) is 12.0. The lowest BCUT2D eigenvalue weighted by atomic mass is 10.1. The van der Waals surface area contributed by atoms with Gasteiger partial charge in [-0.2, -0.15) is 5.26 Å². The molecule has 0 aliphatic heterocycles. The third kappa shape index (κ3) is 9.63. The largest absolute Gasteiger partial charge is 0.427 e. The molecule has 0 aliphatic carbocycles. The van der Waals surface area contributed by atoms with Gasteiger partial charge in [0.2, 0.25) is 0 Å². The lowest BCUT2D eigenvalue weighted by Gasteiger charge is -2.24. The Kier molecular flexibility index (Phi) is 11.1. The van der Waals surface area contributed by atoms with Crippen molar-refractivity contribution in [1.82, 2.24) is 4.90 Å². The van der Waals surface area contributed by atoms with Crippen molar-refractivity contribution in [1.29, 1.82) is 5.26 Å². The molecule has 6 nitrogen and oxygen atoms in total. The Morgan fingerprint density at radius 3 is 1.74 bits per heavy atom. The van der Waals surface area contributed by atoms with E-state index in [2.05, 4.69) is 54.4 Å². The van der Waals surface area contributed by atoms with Crippen LogP contribution in [0.3, 0.4) is 0 Å². The monoisotopic (exact) mass is 569 g/mol. The molecule has 0 heterocycles.